The van der Waals surface area contributed by atoms with Crippen molar-refractivity contribution >= 4 is 34.0 Å². The molecule has 0 spiro atoms. The number of hydrogen-bond acceptors (Lipinski definition) is 4. The number of aromatic nitrogens is 1. The molecule has 0 radical (unpaired) electrons. The number of benzene rings is 1. The molecule has 3 rings (SSSR count). The van der Waals surface area contributed by atoms with Gasteiger partial charge in [-0.3, -0.25) is 4.79 Å². The van der Waals surface area contributed by atoms with Crippen LogP contribution < -0.4 is 10.6 Å². The van der Waals surface area contributed by atoms with Crippen molar-refractivity contribution in [3.05, 3.63) is 45.9 Å². The molecule has 0 aliphatic carbocycles. The number of thiazole rings is 1. The lowest BCUT2D eigenvalue weighted by Gasteiger charge is -2.26. The molecule has 2 heterocycles. The van der Waals surface area contributed by atoms with Crippen molar-refractivity contribution in [3.8, 4) is 0 Å². The third kappa shape index (κ3) is 4.31. The van der Waals surface area contributed by atoms with Crippen LogP contribution in [0.25, 0.3) is 0 Å². The maximum Gasteiger partial charge on any atom is 0.229 e. The zero-order valence-electron chi connectivity index (χ0n) is 13.0. The van der Waals surface area contributed by atoms with E-state index < -0.39 is 0 Å². The fraction of sp³-hybridized carbons (Fsp3) is 0.412. The minimum absolute atomic E-state index is 0.0715. The van der Waals surface area contributed by atoms with Gasteiger partial charge >= 0.3 is 0 Å². The van der Waals surface area contributed by atoms with Crippen LogP contribution in [0.4, 0.5) is 5.13 Å². The third-order valence-corrected chi connectivity index (χ3v) is 5.38. The Hall–Kier alpha value is -1.43. The van der Waals surface area contributed by atoms with Gasteiger partial charge in [-0.1, -0.05) is 29.8 Å². The Labute approximate surface area is 145 Å². The van der Waals surface area contributed by atoms with E-state index in [0.29, 0.717) is 11.2 Å². The van der Waals surface area contributed by atoms with E-state index in [0.717, 1.165) is 41.3 Å². The number of carbonyl (C=O) groups is 1. The van der Waals surface area contributed by atoms with Crippen LogP contribution >= 0.6 is 22.9 Å². The second kappa shape index (κ2) is 7.43. The highest BCUT2D eigenvalue weighted by Crippen LogP contribution is 2.26. The van der Waals surface area contributed by atoms with Crippen LogP contribution in [0.15, 0.2) is 30.5 Å². The molecule has 1 aromatic carbocycles. The van der Waals surface area contributed by atoms with Gasteiger partial charge in [-0.25, -0.2) is 4.98 Å². The van der Waals surface area contributed by atoms with Gasteiger partial charge in [0.05, 0.1) is 0 Å². The Kier molecular flexibility index (Phi) is 5.30. The summed E-state index contributed by atoms with van der Waals surface area (Å²) in [5.41, 5.74) is 1.07. The summed E-state index contributed by atoms with van der Waals surface area (Å²) in [6.45, 7) is 3.01. The predicted molar refractivity (Wildman–Crippen MR) is 95.2 cm³/mol. The summed E-state index contributed by atoms with van der Waals surface area (Å²) >= 11 is 7.70. The number of piperidine rings is 1. The maximum absolute atomic E-state index is 12.3. The third-order valence-electron chi connectivity index (χ3n) is 4.10. The monoisotopic (exact) mass is 349 g/mol. The van der Waals surface area contributed by atoms with Crippen LogP contribution in [0.1, 0.15) is 30.2 Å². The van der Waals surface area contributed by atoms with Crippen molar-refractivity contribution in [3.63, 3.8) is 0 Å². The Morgan fingerprint density at radius 1 is 1.48 bits per heavy atom. The molecule has 0 unspecified atom stereocenters. The minimum Gasteiger partial charge on any atom is -0.314 e. The quantitative estimate of drug-likeness (QED) is 0.884. The topological polar surface area (TPSA) is 54.0 Å². The van der Waals surface area contributed by atoms with Gasteiger partial charge in [0, 0.05) is 34.5 Å². The van der Waals surface area contributed by atoms with Gasteiger partial charge in [0.1, 0.15) is 0 Å². The first kappa shape index (κ1) is 16.4. The van der Waals surface area contributed by atoms with Crippen LogP contribution in [0.3, 0.4) is 0 Å². The van der Waals surface area contributed by atoms with Crippen molar-refractivity contribution in [2.75, 3.05) is 11.9 Å². The molecule has 4 nitrogen and oxygen atoms in total. The first-order valence-corrected chi connectivity index (χ1v) is 9.03. The van der Waals surface area contributed by atoms with Crippen molar-refractivity contribution in [2.45, 2.75) is 32.2 Å². The van der Waals surface area contributed by atoms with Crippen LogP contribution in [0.5, 0.6) is 0 Å². The molecule has 1 saturated heterocycles. The zero-order chi connectivity index (χ0) is 16.2. The molecule has 1 aliphatic rings. The second-order valence-electron chi connectivity index (χ2n) is 5.97. The van der Waals surface area contributed by atoms with Gasteiger partial charge in [0.25, 0.3) is 0 Å². The van der Waals surface area contributed by atoms with Crippen molar-refractivity contribution in [1.29, 1.82) is 0 Å². The molecule has 2 atom stereocenters. The molecule has 23 heavy (non-hydrogen) atoms. The summed E-state index contributed by atoms with van der Waals surface area (Å²) in [7, 11) is 0. The number of halogens is 1. The first-order chi connectivity index (χ1) is 11.1. The predicted octanol–water partition coefficient (Wildman–Crippen LogP) is 3.71. The lowest BCUT2D eigenvalue weighted by molar-refractivity contribution is -0.120. The number of carbonyl (C=O) groups excluding carboxylic acids is 1. The van der Waals surface area contributed by atoms with Crippen LogP contribution in [0.2, 0.25) is 5.02 Å². The van der Waals surface area contributed by atoms with E-state index in [1.807, 2.05) is 30.5 Å². The van der Waals surface area contributed by atoms with E-state index in [2.05, 4.69) is 22.5 Å². The average molecular weight is 350 g/mol. The average Bonchev–Trinajstić information content (AvgIpc) is 2.97. The lowest BCUT2D eigenvalue weighted by atomic mass is 9.93. The fourth-order valence-corrected chi connectivity index (χ4v) is 3.90. The Morgan fingerprint density at radius 2 is 2.30 bits per heavy atom. The number of hydrogen-bond donors (Lipinski definition) is 2. The number of nitrogens with one attached hydrogen (secondary N) is 2. The minimum atomic E-state index is 0.0715. The summed E-state index contributed by atoms with van der Waals surface area (Å²) in [5, 5.41) is 7.75. The summed E-state index contributed by atoms with van der Waals surface area (Å²) in [6.07, 6.45) is 4.31. The lowest BCUT2D eigenvalue weighted by Crippen LogP contribution is -2.40. The van der Waals surface area contributed by atoms with E-state index >= 15 is 0 Å². The molecule has 0 bridgehead atoms. The molecule has 1 aliphatic heterocycles. The maximum atomic E-state index is 12.3. The molecule has 122 valence electrons. The smallest absolute Gasteiger partial charge is 0.229 e. The number of anilines is 1. The van der Waals surface area contributed by atoms with Crippen LogP contribution in [-0.2, 0) is 11.2 Å². The van der Waals surface area contributed by atoms with E-state index in [9.17, 15) is 4.79 Å². The van der Waals surface area contributed by atoms with Gasteiger partial charge in [0.2, 0.25) is 5.91 Å². The number of rotatable bonds is 4. The molecule has 2 N–H and O–H groups in total. The molecular formula is C17H20ClN3OS. The van der Waals surface area contributed by atoms with E-state index in [4.69, 9.17) is 11.6 Å². The number of amides is 1. The highest BCUT2D eigenvalue weighted by molar-refractivity contribution is 7.15. The molecular weight excluding hydrogens is 330 g/mol. The van der Waals surface area contributed by atoms with Gasteiger partial charge in [-0.2, -0.15) is 0 Å². The Balaban J connectivity index is 1.61. The zero-order valence-corrected chi connectivity index (χ0v) is 14.6. The summed E-state index contributed by atoms with van der Waals surface area (Å²) in [5.74, 6) is 0.152. The van der Waals surface area contributed by atoms with E-state index in [1.54, 1.807) is 0 Å². The Bertz CT molecular complexity index is 688. The van der Waals surface area contributed by atoms with Crippen LogP contribution in [-0.4, -0.2) is 23.5 Å². The van der Waals surface area contributed by atoms with Crippen molar-refractivity contribution < 1.29 is 4.79 Å². The largest absolute Gasteiger partial charge is 0.314 e. The van der Waals surface area contributed by atoms with Gasteiger partial charge in [-0.15, -0.1) is 11.3 Å². The van der Waals surface area contributed by atoms with Gasteiger partial charge in [-0.05, 0) is 37.9 Å². The highest BCUT2D eigenvalue weighted by atomic mass is 35.5. The van der Waals surface area contributed by atoms with Gasteiger partial charge < -0.3 is 10.6 Å². The van der Waals surface area contributed by atoms with Crippen molar-refractivity contribution in [2.24, 2.45) is 5.92 Å². The van der Waals surface area contributed by atoms with E-state index in [-0.39, 0.29) is 11.8 Å². The molecule has 6 heteroatoms. The highest BCUT2D eigenvalue weighted by Gasteiger charge is 2.25. The molecule has 1 aromatic heterocycles. The molecule has 1 fully saturated rings. The van der Waals surface area contributed by atoms with Gasteiger partial charge in [0.15, 0.2) is 5.13 Å². The summed E-state index contributed by atoms with van der Waals surface area (Å²) in [4.78, 5) is 17.8. The molecule has 0 saturated carbocycles. The standard InChI is InChI=1S/C17H20ClN3OS/c1-11-8-13(6-7-19-11)16(22)21-17-20-10-14(23-17)9-12-4-2-3-5-15(12)18/h2-5,10-11,13,19H,6-9H2,1H3,(H,20,21,22)/t11-,13-/m0/s1. The summed E-state index contributed by atoms with van der Waals surface area (Å²) < 4.78 is 0. The van der Waals surface area contributed by atoms with Crippen LogP contribution in [0, 0.1) is 5.92 Å². The number of nitrogens with zero attached hydrogens (tertiary/aromatic N) is 1. The fourth-order valence-electron chi connectivity index (χ4n) is 2.85. The summed E-state index contributed by atoms with van der Waals surface area (Å²) in [6, 6.07) is 8.19. The molecule has 2 aromatic rings. The van der Waals surface area contributed by atoms with Crippen molar-refractivity contribution in [1.82, 2.24) is 10.3 Å². The Morgan fingerprint density at radius 3 is 3.09 bits per heavy atom. The molecule has 1 amide bonds. The first-order valence-electron chi connectivity index (χ1n) is 7.84. The normalized spacial score (nSPS) is 21.1. The second-order valence-corrected chi connectivity index (χ2v) is 7.49. The SMILES string of the molecule is C[C@H]1C[C@@H](C(=O)Nc2ncc(Cc3ccccc3Cl)s2)CCN1. The van der Waals surface area contributed by atoms with E-state index in [1.165, 1.54) is 11.3 Å².